The Labute approximate surface area is 136 Å². The number of hydrogen-bond donors (Lipinski definition) is 1. The molecule has 1 saturated heterocycles. The number of piperidine rings is 1. The van der Waals surface area contributed by atoms with Crippen LogP contribution in [0.3, 0.4) is 0 Å². The zero-order valence-electron chi connectivity index (χ0n) is 13.7. The average molecular weight is 313 g/mol. The minimum atomic E-state index is 0.0751. The van der Waals surface area contributed by atoms with Crippen LogP contribution in [0.1, 0.15) is 30.6 Å². The highest BCUT2D eigenvalue weighted by Gasteiger charge is 2.42. The molecule has 1 fully saturated rings. The van der Waals surface area contributed by atoms with Crippen LogP contribution in [0.4, 0.5) is 0 Å². The van der Waals surface area contributed by atoms with Gasteiger partial charge in [-0.2, -0.15) is 0 Å². The number of hydrogen-bond acceptors (Lipinski definition) is 4. The smallest absolute Gasteiger partial charge is 0.134 e. The van der Waals surface area contributed by atoms with Gasteiger partial charge in [0.05, 0.1) is 19.8 Å². The van der Waals surface area contributed by atoms with Crippen molar-refractivity contribution in [2.75, 3.05) is 20.3 Å². The summed E-state index contributed by atoms with van der Waals surface area (Å²) in [7, 11) is 1.69. The second-order valence-corrected chi connectivity index (χ2v) is 6.70. The van der Waals surface area contributed by atoms with Crippen LogP contribution >= 0.6 is 0 Å². The van der Waals surface area contributed by atoms with Crippen molar-refractivity contribution < 1.29 is 14.3 Å². The molecule has 1 aromatic heterocycles. The van der Waals surface area contributed by atoms with Gasteiger partial charge in [-0.3, -0.25) is 4.90 Å². The zero-order valence-corrected chi connectivity index (χ0v) is 13.7. The van der Waals surface area contributed by atoms with E-state index >= 15 is 0 Å². The summed E-state index contributed by atoms with van der Waals surface area (Å²) in [5.41, 5.74) is 3.34. The van der Waals surface area contributed by atoms with Gasteiger partial charge in [-0.25, -0.2) is 0 Å². The van der Waals surface area contributed by atoms with Gasteiger partial charge < -0.3 is 14.3 Å². The first-order chi connectivity index (χ1) is 11.1. The molecule has 2 aromatic rings. The first-order valence-corrected chi connectivity index (χ1v) is 8.27. The Bertz CT molecular complexity index is 763. The fraction of sp³-hybridized carbons (Fsp3) is 0.474. The molecule has 1 aromatic carbocycles. The van der Waals surface area contributed by atoms with E-state index in [1.165, 1.54) is 5.56 Å². The maximum Gasteiger partial charge on any atom is 0.134 e. The molecular weight excluding hydrogens is 290 g/mol. The largest absolute Gasteiger partial charge is 0.497 e. The second kappa shape index (κ2) is 5.39. The molecule has 0 saturated carbocycles. The van der Waals surface area contributed by atoms with Gasteiger partial charge in [0.25, 0.3) is 0 Å². The monoisotopic (exact) mass is 313 g/mol. The lowest BCUT2D eigenvalue weighted by atomic mass is 9.82. The molecule has 23 heavy (non-hydrogen) atoms. The van der Waals surface area contributed by atoms with E-state index in [1.807, 2.05) is 12.1 Å². The van der Waals surface area contributed by atoms with E-state index in [0.29, 0.717) is 12.0 Å². The molecule has 4 nitrogen and oxygen atoms in total. The summed E-state index contributed by atoms with van der Waals surface area (Å²) < 4.78 is 11.6. The van der Waals surface area contributed by atoms with Crippen molar-refractivity contribution in [3.05, 3.63) is 41.7 Å². The van der Waals surface area contributed by atoms with Crippen LogP contribution in [-0.2, 0) is 6.42 Å². The summed E-state index contributed by atoms with van der Waals surface area (Å²) in [5, 5.41) is 10.9. The normalized spacial score (nSPS) is 30.1. The lowest BCUT2D eigenvalue weighted by Crippen LogP contribution is -2.50. The molecule has 3 heterocycles. The van der Waals surface area contributed by atoms with Crippen molar-refractivity contribution in [1.29, 1.82) is 0 Å². The Morgan fingerprint density at radius 1 is 1.43 bits per heavy atom. The first kappa shape index (κ1) is 14.8. The van der Waals surface area contributed by atoms with E-state index in [1.54, 1.807) is 7.11 Å². The van der Waals surface area contributed by atoms with Gasteiger partial charge in [0.15, 0.2) is 0 Å². The quantitative estimate of drug-likeness (QED) is 0.866. The Morgan fingerprint density at radius 2 is 2.26 bits per heavy atom. The predicted molar refractivity (Wildman–Crippen MR) is 90.0 cm³/mol. The van der Waals surface area contributed by atoms with Crippen molar-refractivity contribution in [2.24, 2.45) is 0 Å². The lowest BCUT2D eigenvalue weighted by molar-refractivity contribution is 0.0748. The Balaban J connectivity index is 1.85. The third-order valence-corrected chi connectivity index (χ3v) is 5.62. The molecule has 1 N–H and O–H groups in total. The van der Waals surface area contributed by atoms with Crippen molar-refractivity contribution >= 4 is 11.0 Å². The van der Waals surface area contributed by atoms with E-state index < -0.39 is 0 Å². The molecule has 4 unspecified atom stereocenters. The highest BCUT2D eigenvalue weighted by Crippen LogP contribution is 2.44. The lowest BCUT2D eigenvalue weighted by Gasteiger charge is -2.43. The molecule has 2 aliphatic heterocycles. The summed E-state index contributed by atoms with van der Waals surface area (Å²) in [5.74, 6) is 2.27. The third kappa shape index (κ3) is 2.12. The summed E-state index contributed by atoms with van der Waals surface area (Å²) in [6.45, 7) is 7.52. The van der Waals surface area contributed by atoms with Gasteiger partial charge in [-0.1, -0.05) is 12.2 Å². The maximum absolute atomic E-state index is 9.75. The van der Waals surface area contributed by atoms with Crippen LogP contribution < -0.4 is 4.74 Å². The number of fused-ring (bicyclic) bond motifs is 6. The van der Waals surface area contributed by atoms with Crippen molar-refractivity contribution in [1.82, 2.24) is 4.90 Å². The second-order valence-electron chi connectivity index (χ2n) is 6.70. The molecule has 4 atom stereocenters. The number of aliphatic hydroxyl groups excluding tert-OH is 1. The van der Waals surface area contributed by atoms with Gasteiger partial charge in [0, 0.05) is 29.5 Å². The van der Waals surface area contributed by atoms with Crippen LogP contribution in [0, 0.1) is 0 Å². The molecule has 0 spiro atoms. The zero-order chi connectivity index (χ0) is 16.1. The molecule has 2 bridgehead atoms. The van der Waals surface area contributed by atoms with Gasteiger partial charge >= 0.3 is 0 Å². The fourth-order valence-electron chi connectivity index (χ4n) is 4.32. The third-order valence-electron chi connectivity index (χ3n) is 5.62. The molecule has 4 rings (SSSR count). The maximum atomic E-state index is 9.75. The Hall–Kier alpha value is -1.78. The summed E-state index contributed by atoms with van der Waals surface area (Å²) in [6, 6.07) is 6.44. The van der Waals surface area contributed by atoms with Crippen molar-refractivity contribution in [3.8, 4) is 5.75 Å². The molecule has 4 heteroatoms. The SMILES string of the molecule is C=C1CC2c3oc4ccc(OC)cc4c3CCN(C1CO)C2C. The standard InChI is InChI=1S/C19H23NO3/c1-11-8-15-12(2)20(17(11)10-21)7-6-14-16-9-13(22-3)4-5-18(16)23-19(14)15/h4-5,9,12,15,17,21H,1,6-8,10H2,2-3H3. The Morgan fingerprint density at radius 3 is 3.00 bits per heavy atom. The first-order valence-electron chi connectivity index (χ1n) is 8.27. The average Bonchev–Trinajstić information content (AvgIpc) is 2.88. The molecule has 0 amide bonds. The van der Waals surface area contributed by atoms with Crippen molar-refractivity contribution in [3.63, 3.8) is 0 Å². The van der Waals surface area contributed by atoms with Crippen LogP contribution in [0.2, 0.25) is 0 Å². The number of aliphatic hydroxyl groups is 1. The van der Waals surface area contributed by atoms with Crippen molar-refractivity contribution in [2.45, 2.75) is 37.8 Å². The minimum Gasteiger partial charge on any atom is -0.497 e. The number of ether oxygens (including phenoxy) is 1. The van der Waals surface area contributed by atoms with E-state index in [2.05, 4.69) is 24.5 Å². The topological polar surface area (TPSA) is 45.8 Å². The van der Waals surface area contributed by atoms with Gasteiger partial charge in [0.1, 0.15) is 17.1 Å². The van der Waals surface area contributed by atoms with Crippen LogP contribution in [0.15, 0.2) is 34.8 Å². The van der Waals surface area contributed by atoms with E-state index in [4.69, 9.17) is 9.15 Å². The van der Waals surface area contributed by atoms with Gasteiger partial charge in [-0.15, -0.1) is 0 Å². The molecular formula is C19H23NO3. The van der Waals surface area contributed by atoms with Crippen LogP contribution in [0.25, 0.3) is 11.0 Å². The Kier molecular flexibility index (Phi) is 3.47. The van der Waals surface area contributed by atoms with Gasteiger partial charge in [0.2, 0.25) is 0 Å². The molecule has 0 aliphatic carbocycles. The molecule has 0 radical (unpaired) electrons. The van der Waals surface area contributed by atoms with E-state index in [0.717, 1.165) is 47.4 Å². The van der Waals surface area contributed by atoms with Crippen LogP contribution in [-0.4, -0.2) is 42.4 Å². The number of rotatable bonds is 2. The van der Waals surface area contributed by atoms with E-state index in [-0.39, 0.29) is 12.6 Å². The summed E-state index contributed by atoms with van der Waals surface area (Å²) in [6.07, 6.45) is 1.81. The number of methoxy groups -OCH3 is 1. The molecule has 122 valence electrons. The number of benzene rings is 1. The van der Waals surface area contributed by atoms with Gasteiger partial charge in [-0.05, 0) is 38.0 Å². The predicted octanol–water partition coefficient (Wildman–Crippen LogP) is 3.09. The summed E-state index contributed by atoms with van der Waals surface area (Å²) in [4.78, 5) is 2.39. The molecule has 2 aliphatic rings. The van der Waals surface area contributed by atoms with Crippen LogP contribution in [0.5, 0.6) is 5.75 Å². The number of nitrogens with zero attached hydrogens (tertiary/aromatic N) is 1. The highest BCUT2D eigenvalue weighted by molar-refractivity contribution is 5.84. The van der Waals surface area contributed by atoms with E-state index in [9.17, 15) is 5.11 Å². The number of furan rings is 1. The fourth-order valence-corrected chi connectivity index (χ4v) is 4.32. The minimum absolute atomic E-state index is 0.0751. The highest BCUT2D eigenvalue weighted by atomic mass is 16.5. The summed E-state index contributed by atoms with van der Waals surface area (Å²) >= 11 is 0.